The molecule has 0 N–H and O–H groups in total. The Kier molecular flexibility index (Phi) is 5.50. The maximum atomic E-state index is 12.6. The van der Waals surface area contributed by atoms with E-state index in [1.165, 1.54) is 0 Å². The summed E-state index contributed by atoms with van der Waals surface area (Å²) in [5.41, 5.74) is 0. The van der Waals surface area contributed by atoms with E-state index in [1.807, 2.05) is 6.07 Å². The molecule has 2 rings (SSSR count). The van der Waals surface area contributed by atoms with Crippen LogP contribution in [0.3, 0.4) is 0 Å². The van der Waals surface area contributed by atoms with Crippen LogP contribution < -0.4 is 0 Å². The molecule has 3 nitrogen and oxygen atoms in total. The molecule has 0 amide bonds. The quantitative estimate of drug-likeness (QED) is 0.617. The van der Waals surface area contributed by atoms with E-state index < -0.39 is 10.0 Å². The normalized spacial score (nSPS) is 20.9. The van der Waals surface area contributed by atoms with Gasteiger partial charge in [0.05, 0.1) is 4.90 Å². The Labute approximate surface area is 139 Å². The van der Waals surface area contributed by atoms with Gasteiger partial charge in [-0.15, -0.1) is 0 Å². The highest BCUT2D eigenvalue weighted by molar-refractivity contribution is 9.11. The van der Waals surface area contributed by atoms with Gasteiger partial charge in [-0.1, -0.05) is 31.9 Å². The van der Waals surface area contributed by atoms with Crippen molar-refractivity contribution in [1.29, 1.82) is 0 Å². The lowest BCUT2D eigenvalue weighted by Crippen LogP contribution is -2.29. The zero-order valence-electron chi connectivity index (χ0n) is 10.2. The molecular weight excluding hydrogens is 462 g/mol. The standard InChI is InChI=1S/C12H14Br3NO2S/c13-5-3-9-4-6-16(8-9)19(17,18)12-7-10(14)1-2-11(12)15/h1-2,7,9H,3-6,8H2. The van der Waals surface area contributed by atoms with Gasteiger partial charge in [-0.25, -0.2) is 8.42 Å². The molecular formula is C12H14Br3NO2S. The molecule has 7 heteroatoms. The summed E-state index contributed by atoms with van der Waals surface area (Å²) in [5, 5.41) is 0.923. The van der Waals surface area contributed by atoms with Gasteiger partial charge < -0.3 is 0 Å². The molecule has 0 aromatic heterocycles. The van der Waals surface area contributed by atoms with Crippen molar-refractivity contribution < 1.29 is 8.42 Å². The molecule has 1 aromatic carbocycles. The first-order chi connectivity index (χ1) is 8.95. The van der Waals surface area contributed by atoms with Crippen molar-refractivity contribution in [2.24, 2.45) is 5.92 Å². The van der Waals surface area contributed by atoms with Crippen LogP contribution in [0, 0.1) is 5.92 Å². The third-order valence-corrected chi connectivity index (χ3v) is 7.09. The lowest BCUT2D eigenvalue weighted by molar-refractivity contribution is 0.454. The first-order valence-electron chi connectivity index (χ1n) is 5.96. The number of hydrogen-bond donors (Lipinski definition) is 0. The second-order valence-corrected chi connectivity index (χ2v) is 9.04. The van der Waals surface area contributed by atoms with Crippen molar-refractivity contribution in [2.45, 2.75) is 17.7 Å². The Morgan fingerprint density at radius 1 is 1.32 bits per heavy atom. The topological polar surface area (TPSA) is 37.4 Å². The smallest absolute Gasteiger partial charge is 0.207 e. The molecule has 19 heavy (non-hydrogen) atoms. The minimum atomic E-state index is -3.40. The average molecular weight is 476 g/mol. The Morgan fingerprint density at radius 3 is 2.74 bits per heavy atom. The predicted molar refractivity (Wildman–Crippen MR) is 87.1 cm³/mol. The number of sulfonamides is 1. The fourth-order valence-electron chi connectivity index (χ4n) is 2.22. The third kappa shape index (κ3) is 3.61. The van der Waals surface area contributed by atoms with Crippen molar-refractivity contribution in [3.63, 3.8) is 0 Å². The summed E-state index contributed by atoms with van der Waals surface area (Å²) in [6.07, 6.45) is 1.96. The monoisotopic (exact) mass is 473 g/mol. The number of alkyl halides is 1. The van der Waals surface area contributed by atoms with E-state index in [2.05, 4.69) is 47.8 Å². The SMILES string of the molecule is O=S(=O)(c1cc(Br)ccc1Br)N1CCC(CCBr)C1. The van der Waals surface area contributed by atoms with E-state index in [9.17, 15) is 8.42 Å². The zero-order valence-corrected chi connectivity index (χ0v) is 15.7. The molecule has 0 spiro atoms. The van der Waals surface area contributed by atoms with Crippen molar-refractivity contribution in [3.8, 4) is 0 Å². The van der Waals surface area contributed by atoms with Crippen molar-refractivity contribution >= 4 is 57.8 Å². The van der Waals surface area contributed by atoms with Crippen LogP contribution in [-0.4, -0.2) is 31.1 Å². The zero-order chi connectivity index (χ0) is 14.0. The molecule has 1 heterocycles. The number of rotatable bonds is 4. The molecule has 1 atom stereocenters. The van der Waals surface area contributed by atoms with Gasteiger partial charge >= 0.3 is 0 Å². The number of nitrogens with zero attached hydrogens (tertiary/aromatic N) is 1. The summed E-state index contributed by atoms with van der Waals surface area (Å²) >= 11 is 10.1. The largest absolute Gasteiger partial charge is 0.244 e. The molecule has 0 saturated carbocycles. The van der Waals surface area contributed by atoms with Crippen molar-refractivity contribution in [1.82, 2.24) is 4.31 Å². The Balaban J connectivity index is 2.26. The molecule has 1 aliphatic heterocycles. The van der Waals surface area contributed by atoms with Crippen molar-refractivity contribution in [3.05, 3.63) is 27.1 Å². The molecule has 1 fully saturated rings. The molecule has 1 aromatic rings. The maximum absolute atomic E-state index is 12.6. The van der Waals surface area contributed by atoms with Crippen molar-refractivity contribution in [2.75, 3.05) is 18.4 Å². The van der Waals surface area contributed by atoms with E-state index in [0.717, 1.165) is 22.6 Å². The Morgan fingerprint density at radius 2 is 2.05 bits per heavy atom. The van der Waals surface area contributed by atoms with Gasteiger partial charge in [-0.2, -0.15) is 4.31 Å². The lowest BCUT2D eigenvalue weighted by Gasteiger charge is -2.17. The van der Waals surface area contributed by atoms with Crippen LogP contribution >= 0.6 is 47.8 Å². The second-order valence-electron chi connectivity index (χ2n) is 4.57. The van der Waals surface area contributed by atoms with Gasteiger partial charge in [0.1, 0.15) is 0 Å². The van der Waals surface area contributed by atoms with Gasteiger partial charge in [0.2, 0.25) is 10.0 Å². The van der Waals surface area contributed by atoms with Crippen LogP contribution in [-0.2, 0) is 10.0 Å². The van der Waals surface area contributed by atoms with Gasteiger partial charge in [0.15, 0.2) is 0 Å². The van der Waals surface area contributed by atoms with E-state index in [4.69, 9.17) is 0 Å². The number of benzene rings is 1. The van der Waals surface area contributed by atoms with E-state index in [0.29, 0.717) is 28.4 Å². The first kappa shape index (κ1) is 15.9. The first-order valence-corrected chi connectivity index (χ1v) is 10.1. The second kappa shape index (κ2) is 6.56. The van der Waals surface area contributed by atoms with E-state index in [1.54, 1.807) is 16.4 Å². The van der Waals surface area contributed by atoms with Crippen LogP contribution in [0.4, 0.5) is 0 Å². The molecule has 1 unspecified atom stereocenters. The number of halogens is 3. The summed E-state index contributed by atoms with van der Waals surface area (Å²) in [4.78, 5) is 0.335. The summed E-state index contributed by atoms with van der Waals surface area (Å²) in [6.45, 7) is 1.23. The third-order valence-electron chi connectivity index (χ3n) is 3.28. The summed E-state index contributed by atoms with van der Waals surface area (Å²) in [7, 11) is -3.40. The van der Waals surface area contributed by atoms with Crippen LogP contribution in [0.2, 0.25) is 0 Å². The lowest BCUT2D eigenvalue weighted by atomic mass is 10.1. The Bertz CT molecular complexity index is 562. The molecule has 0 bridgehead atoms. The van der Waals surface area contributed by atoms with Crippen LogP contribution in [0.1, 0.15) is 12.8 Å². The minimum absolute atomic E-state index is 0.335. The van der Waals surface area contributed by atoms with E-state index in [-0.39, 0.29) is 0 Å². The maximum Gasteiger partial charge on any atom is 0.244 e. The van der Waals surface area contributed by atoms with Gasteiger partial charge in [0.25, 0.3) is 0 Å². The average Bonchev–Trinajstić information content (AvgIpc) is 2.82. The molecule has 1 aliphatic rings. The highest BCUT2D eigenvalue weighted by Crippen LogP contribution is 2.31. The summed E-state index contributed by atoms with van der Waals surface area (Å²) < 4.78 is 28.2. The summed E-state index contributed by atoms with van der Waals surface area (Å²) in [6, 6.07) is 5.22. The van der Waals surface area contributed by atoms with Crippen LogP contribution in [0.25, 0.3) is 0 Å². The molecule has 1 saturated heterocycles. The van der Waals surface area contributed by atoms with Gasteiger partial charge in [-0.05, 0) is 52.9 Å². The Hall–Kier alpha value is 0.570. The van der Waals surface area contributed by atoms with Crippen LogP contribution in [0.15, 0.2) is 32.0 Å². The molecule has 0 aliphatic carbocycles. The van der Waals surface area contributed by atoms with Crippen LogP contribution in [0.5, 0.6) is 0 Å². The highest BCUT2D eigenvalue weighted by Gasteiger charge is 2.33. The number of hydrogen-bond acceptors (Lipinski definition) is 2. The highest BCUT2D eigenvalue weighted by atomic mass is 79.9. The summed E-state index contributed by atoms with van der Waals surface area (Å²) in [5.74, 6) is 0.458. The molecule has 106 valence electrons. The predicted octanol–water partition coefficient (Wildman–Crippen LogP) is 4.01. The fraction of sp³-hybridized carbons (Fsp3) is 0.500. The minimum Gasteiger partial charge on any atom is -0.207 e. The van der Waals surface area contributed by atoms with Gasteiger partial charge in [0, 0.05) is 27.4 Å². The fourth-order valence-corrected chi connectivity index (χ4v) is 5.86. The van der Waals surface area contributed by atoms with E-state index >= 15 is 0 Å². The molecule has 0 radical (unpaired) electrons. The van der Waals surface area contributed by atoms with Gasteiger partial charge in [-0.3, -0.25) is 0 Å².